The molecule has 2 aromatic rings. The zero-order valence-electron chi connectivity index (χ0n) is 11.4. The van der Waals surface area contributed by atoms with Gasteiger partial charge in [-0.1, -0.05) is 18.5 Å². The molecule has 0 N–H and O–H groups in total. The third-order valence-electron chi connectivity index (χ3n) is 3.66. The molecule has 1 heterocycles. The van der Waals surface area contributed by atoms with Crippen LogP contribution in [-0.2, 0) is 15.5 Å². The number of aryl methyl sites for hydroxylation is 1. The molecule has 3 rings (SSSR count). The average Bonchev–Trinajstić information content (AvgIpc) is 3.17. The van der Waals surface area contributed by atoms with E-state index in [0.29, 0.717) is 16.6 Å². The minimum absolute atomic E-state index is 0.0267. The lowest BCUT2D eigenvalue weighted by Crippen LogP contribution is -2.04. The van der Waals surface area contributed by atoms with Crippen LogP contribution in [0.3, 0.4) is 0 Å². The first-order valence-corrected chi connectivity index (χ1v) is 9.42. The van der Waals surface area contributed by atoms with Crippen molar-refractivity contribution in [2.45, 2.75) is 37.0 Å². The van der Waals surface area contributed by atoms with Crippen molar-refractivity contribution in [1.29, 1.82) is 0 Å². The number of rotatable bonds is 4. The Morgan fingerprint density at radius 2 is 2.10 bits per heavy atom. The minimum Gasteiger partial charge on any atom is -0.236 e. The zero-order valence-corrected chi connectivity index (χ0v) is 13.7. The maximum Gasteiger partial charge on any atom is 0.261 e. The van der Waals surface area contributed by atoms with Crippen molar-refractivity contribution in [2.24, 2.45) is 0 Å². The second-order valence-corrected chi connectivity index (χ2v) is 8.12. The Morgan fingerprint density at radius 1 is 1.38 bits per heavy atom. The summed E-state index contributed by atoms with van der Waals surface area (Å²) in [5, 5.41) is 4.85. The molecule has 0 atom stereocenters. The normalized spacial score (nSPS) is 15.4. The summed E-state index contributed by atoms with van der Waals surface area (Å²) in [6.07, 6.45) is 4.97. The summed E-state index contributed by atoms with van der Waals surface area (Å²) in [5.74, 6) is 0.481. The molecule has 1 aromatic heterocycles. The fourth-order valence-electron chi connectivity index (χ4n) is 2.45. The van der Waals surface area contributed by atoms with Gasteiger partial charge in [0.05, 0.1) is 27.5 Å². The van der Waals surface area contributed by atoms with Gasteiger partial charge in [0.15, 0.2) is 0 Å². The largest absolute Gasteiger partial charge is 0.261 e. The summed E-state index contributed by atoms with van der Waals surface area (Å²) in [6, 6.07) is 4.41. The van der Waals surface area contributed by atoms with E-state index < -0.39 is 9.05 Å². The molecule has 1 aliphatic carbocycles. The summed E-state index contributed by atoms with van der Waals surface area (Å²) in [6.45, 7) is 2.08. The Morgan fingerprint density at radius 3 is 2.67 bits per heavy atom. The maximum atomic E-state index is 11.5. The number of halogens is 2. The summed E-state index contributed by atoms with van der Waals surface area (Å²) >= 11 is 6.23. The van der Waals surface area contributed by atoms with Crippen molar-refractivity contribution >= 4 is 31.3 Å². The molecule has 4 nitrogen and oxygen atoms in total. The predicted octanol–water partition coefficient (Wildman–Crippen LogP) is 3.89. The first kappa shape index (κ1) is 14.9. The molecule has 0 saturated heterocycles. The Kier molecular flexibility index (Phi) is 3.76. The highest BCUT2D eigenvalue weighted by molar-refractivity contribution is 8.13. The first-order chi connectivity index (χ1) is 9.91. The van der Waals surface area contributed by atoms with Gasteiger partial charge in [-0.3, -0.25) is 0 Å². The fraction of sp³-hybridized carbons (Fsp3) is 0.357. The van der Waals surface area contributed by atoms with Crippen molar-refractivity contribution < 1.29 is 8.42 Å². The van der Waals surface area contributed by atoms with Crippen LogP contribution in [-0.4, -0.2) is 18.2 Å². The third-order valence-corrected chi connectivity index (χ3v) is 5.33. The Hall–Kier alpha value is -1.04. The van der Waals surface area contributed by atoms with E-state index in [0.717, 1.165) is 25.0 Å². The van der Waals surface area contributed by atoms with Gasteiger partial charge >= 0.3 is 0 Å². The van der Waals surface area contributed by atoms with E-state index in [9.17, 15) is 8.42 Å². The highest BCUT2D eigenvalue weighted by atomic mass is 35.7. The van der Waals surface area contributed by atoms with E-state index in [-0.39, 0.29) is 4.90 Å². The van der Waals surface area contributed by atoms with Crippen LogP contribution in [0.4, 0.5) is 0 Å². The molecule has 0 radical (unpaired) electrons. The molecule has 1 aromatic carbocycles. The molecule has 1 aliphatic rings. The van der Waals surface area contributed by atoms with Gasteiger partial charge in [-0.15, -0.1) is 0 Å². The molecule has 1 saturated carbocycles. The van der Waals surface area contributed by atoms with Crippen molar-refractivity contribution in [1.82, 2.24) is 9.78 Å². The van der Waals surface area contributed by atoms with Crippen molar-refractivity contribution in [3.05, 3.63) is 40.7 Å². The Balaban J connectivity index is 2.19. The van der Waals surface area contributed by atoms with E-state index in [1.165, 1.54) is 23.8 Å². The molecule has 0 spiro atoms. The topological polar surface area (TPSA) is 52.0 Å². The number of aromatic nitrogens is 2. The lowest BCUT2D eigenvalue weighted by molar-refractivity contribution is 0.609. The van der Waals surface area contributed by atoms with Crippen LogP contribution < -0.4 is 0 Å². The van der Waals surface area contributed by atoms with Gasteiger partial charge in [0, 0.05) is 16.6 Å². The molecule has 0 bridgehead atoms. The van der Waals surface area contributed by atoms with E-state index >= 15 is 0 Å². The molecule has 0 amide bonds. The third kappa shape index (κ3) is 2.82. The second-order valence-electron chi connectivity index (χ2n) is 5.15. The fourth-order valence-corrected chi connectivity index (χ4v) is 3.42. The lowest BCUT2D eigenvalue weighted by Gasteiger charge is -2.11. The quantitative estimate of drug-likeness (QED) is 0.790. The molecule has 21 heavy (non-hydrogen) atoms. The first-order valence-electron chi connectivity index (χ1n) is 6.73. The van der Waals surface area contributed by atoms with E-state index in [2.05, 4.69) is 12.0 Å². The van der Waals surface area contributed by atoms with E-state index in [1.54, 1.807) is 4.68 Å². The van der Waals surface area contributed by atoms with E-state index in [4.69, 9.17) is 22.3 Å². The number of nitrogens with zero attached hydrogens (tertiary/aromatic N) is 2. The minimum atomic E-state index is -3.79. The average molecular weight is 345 g/mol. The number of hydrogen-bond donors (Lipinski definition) is 0. The van der Waals surface area contributed by atoms with Crippen LogP contribution in [0.2, 0.25) is 5.02 Å². The van der Waals surface area contributed by atoms with Gasteiger partial charge in [0.25, 0.3) is 9.05 Å². The van der Waals surface area contributed by atoms with Crippen molar-refractivity contribution in [2.75, 3.05) is 0 Å². The summed E-state index contributed by atoms with van der Waals surface area (Å²) < 4.78 is 24.8. The maximum absolute atomic E-state index is 11.5. The zero-order chi connectivity index (χ0) is 15.2. The predicted molar refractivity (Wildman–Crippen MR) is 83.0 cm³/mol. The Labute approximate surface area is 133 Å². The van der Waals surface area contributed by atoms with Crippen LogP contribution in [0.1, 0.15) is 36.9 Å². The Bertz CT molecular complexity index is 795. The molecule has 112 valence electrons. The monoisotopic (exact) mass is 344 g/mol. The van der Waals surface area contributed by atoms with Crippen LogP contribution in [0, 0.1) is 0 Å². The van der Waals surface area contributed by atoms with Gasteiger partial charge in [0.2, 0.25) is 0 Å². The summed E-state index contributed by atoms with van der Waals surface area (Å²) in [4.78, 5) is 0.0267. The van der Waals surface area contributed by atoms with Crippen LogP contribution >= 0.6 is 22.3 Å². The standard InChI is InChI=1S/C14H14Cl2N2O2S/c1-2-9-8-17-18(14(9)10-3-4-10)13-7-11(21(16,19)20)5-6-12(13)15/h5-8,10H,2-4H2,1H3. The number of hydrogen-bond acceptors (Lipinski definition) is 3. The van der Waals surface area contributed by atoms with Crippen molar-refractivity contribution in [3.8, 4) is 5.69 Å². The summed E-state index contributed by atoms with van der Waals surface area (Å²) in [5.41, 5.74) is 2.86. The summed E-state index contributed by atoms with van der Waals surface area (Å²) in [7, 11) is 1.62. The molecular formula is C14H14Cl2N2O2S. The smallest absolute Gasteiger partial charge is 0.236 e. The van der Waals surface area contributed by atoms with Crippen molar-refractivity contribution in [3.63, 3.8) is 0 Å². The lowest BCUT2D eigenvalue weighted by atomic mass is 10.1. The van der Waals surface area contributed by atoms with Gasteiger partial charge in [-0.05, 0) is 43.0 Å². The van der Waals surface area contributed by atoms with Crippen LogP contribution in [0.5, 0.6) is 0 Å². The molecule has 0 unspecified atom stereocenters. The van der Waals surface area contributed by atoms with Crippen LogP contribution in [0.25, 0.3) is 5.69 Å². The van der Waals surface area contributed by atoms with Gasteiger partial charge in [-0.25, -0.2) is 13.1 Å². The van der Waals surface area contributed by atoms with Gasteiger partial charge < -0.3 is 0 Å². The molecule has 0 aliphatic heterocycles. The van der Waals surface area contributed by atoms with Crippen LogP contribution in [0.15, 0.2) is 29.3 Å². The molecular weight excluding hydrogens is 331 g/mol. The SMILES string of the molecule is CCc1cnn(-c2cc(S(=O)(=O)Cl)ccc2Cl)c1C1CC1. The highest BCUT2D eigenvalue weighted by Gasteiger charge is 2.30. The second kappa shape index (κ2) is 5.30. The van der Waals surface area contributed by atoms with E-state index in [1.807, 2.05) is 6.20 Å². The highest BCUT2D eigenvalue weighted by Crippen LogP contribution is 2.43. The van der Waals surface area contributed by atoms with Gasteiger partial charge in [-0.2, -0.15) is 5.10 Å². The molecule has 7 heteroatoms. The molecule has 1 fully saturated rings. The van der Waals surface area contributed by atoms with Gasteiger partial charge in [0.1, 0.15) is 0 Å². The number of benzene rings is 1.